The van der Waals surface area contributed by atoms with Gasteiger partial charge in [0, 0.05) is 24.9 Å². The first-order valence-electron chi connectivity index (χ1n) is 9.08. The largest absolute Gasteiger partial charge is 0.379 e. The van der Waals surface area contributed by atoms with Gasteiger partial charge in [0.1, 0.15) is 10.6 Å². The van der Waals surface area contributed by atoms with E-state index in [0.29, 0.717) is 28.2 Å². The van der Waals surface area contributed by atoms with Crippen LogP contribution in [0.1, 0.15) is 12.0 Å². The molecule has 0 unspecified atom stereocenters. The summed E-state index contributed by atoms with van der Waals surface area (Å²) in [5.41, 5.74) is 1.63. The topological polar surface area (TPSA) is 98.2 Å². The molecule has 30 heavy (non-hydrogen) atoms. The van der Waals surface area contributed by atoms with Gasteiger partial charge in [-0.2, -0.15) is 8.42 Å². The van der Waals surface area contributed by atoms with Gasteiger partial charge in [-0.1, -0.05) is 35.6 Å². The van der Waals surface area contributed by atoms with Crippen LogP contribution in [0.3, 0.4) is 0 Å². The Morgan fingerprint density at radius 1 is 1.07 bits per heavy atom. The molecular formula is C21H17N3O4S2. The number of carbonyl (C=O) groups excluding carboxylic acids is 1. The lowest BCUT2D eigenvalue weighted by atomic mass is 10.1. The van der Waals surface area contributed by atoms with E-state index in [4.69, 9.17) is 4.18 Å². The lowest BCUT2D eigenvalue weighted by Crippen LogP contribution is -2.12. The average molecular weight is 440 g/mol. The summed E-state index contributed by atoms with van der Waals surface area (Å²) in [5, 5.41) is 3.23. The van der Waals surface area contributed by atoms with Crippen molar-refractivity contribution in [1.82, 2.24) is 9.97 Å². The number of hydrogen-bond donors (Lipinski definition) is 1. The van der Waals surface area contributed by atoms with Crippen LogP contribution < -0.4 is 9.50 Å². The fourth-order valence-corrected chi connectivity index (χ4v) is 4.61. The van der Waals surface area contributed by atoms with E-state index in [1.165, 1.54) is 29.5 Å². The van der Waals surface area contributed by atoms with E-state index in [-0.39, 0.29) is 16.6 Å². The van der Waals surface area contributed by atoms with Crippen molar-refractivity contribution < 1.29 is 17.4 Å². The number of fused-ring (bicyclic) bond motifs is 1. The van der Waals surface area contributed by atoms with Gasteiger partial charge in [0.15, 0.2) is 5.13 Å². The van der Waals surface area contributed by atoms with Crippen LogP contribution in [0.4, 0.5) is 5.13 Å². The summed E-state index contributed by atoms with van der Waals surface area (Å²) in [6.45, 7) is 0. The molecule has 2 aromatic carbocycles. The number of aryl methyl sites for hydroxylation is 1. The molecule has 2 heterocycles. The van der Waals surface area contributed by atoms with Gasteiger partial charge in [-0.3, -0.25) is 9.78 Å². The first-order valence-corrected chi connectivity index (χ1v) is 11.3. The highest BCUT2D eigenvalue weighted by molar-refractivity contribution is 7.87. The molecule has 0 saturated carbocycles. The summed E-state index contributed by atoms with van der Waals surface area (Å²) >= 11 is 1.25. The third kappa shape index (κ3) is 4.81. The molecule has 0 aliphatic heterocycles. The summed E-state index contributed by atoms with van der Waals surface area (Å²) in [7, 11) is -3.92. The number of thiazole rings is 1. The Bertz CT molecular complexity index is 1270. The van der Waals surface area contributed by atoms with Crippen LogP contribution in [0.15, 0.2) is 78.0 Å². The predicted molar refractivity (Wildman–Crippen MR) is 115 cm³/mol. The quantitative estimate of drug-likeness (QED) is 0.437. The van der Waals surface area contributed by atoms with Crippen molar-refractivity contribution in [1.29, 1.82) is 0 Å². The molecule has 0 atom stereocenters. The maximum absolute atomic E-state index is 12.4. The number of rotatable bonds is 7. The third-order valence-corrected chi connectivity index (χ3v) is 6.40. The molecule has 2 aromatic heterocycles. The van der Waals surface area contributed by atoms with Crippen LogP contribution in [0.25, 0.3) is 10.2 Å². The Labute approximate surface area is 177 Å². The Kier molecular flexibility index (Phi) is 5.73. The van der Waals surface area contributed by atoms with E-state index in [9.17, 15) is 13.2 Å². The molecule has 4 aromatic rings. The van der Waals surface area contributed by atoms with E-state index in [1.807, 2.05) is 12.1 Å². The zero-order chi connectivity index (χ0) is 21.0. The maximum atomic E-state index is 12.4. The highest BCUT2D eigenvalue weighted by Gasteiger charge is 2.17. The minimum Gasteiger partial charge on any atom is -0.379 e. The zero-order valence-electron chi connectivity index (χ0n) is 15.7. The van der Waals surface area contributed by atoms with Gasteiger partial charge >= 0.3 is 10.1 Å². The number of carbonyl (C=O) groups is 1. The van der Waals surface area contributed by atoms with Crippen molar-refractivity contribution in [3.05, 3.63) is 78.6 Å². The van der Waals surface area contributed by atoms with Crippen molar-refractivity contribution in [3.8, 4) is 5.75 Å². The summed E-state index contributed by atoms with van der Waals surface area (Å²) in [6, 6.07) is 16.5. The van der Waals surface area contributed by atoms with Gasteiger partial charge in [-0.15, -0.1) is 0 Å². The fourth-order valence-electron chi connectivity index (χ4n) is 2.76. The Morgan fingerprint density at radius 2 is 1.90 bits per heavy atom. The van der Waals surface area contributed by atoms with E-state index in [1.54, 1.807) is 42.7 Å². The summed E-state index contributed by atoms with van der Waals surface area (Å²) in [6.07, 6.45) is 4.31. The highest BCUT2D eigenvalue weighted by atomic mass is 32.2. The second kappa shape index (κ2) is 8.60. The van der Waals surface area contributed by atoms with Crippen LogP contribution >= 0.6 is 11.3 Å². The van der Waals surface area contributed by atoms with Gasteiger partial charge in [0.05, 0.1) is 10.2 Å². The van der Waals surface area contributed by atoms with Crippen LogP contribution in [0, 0.1) is 0 Å². The van der Waals surface area contributed by atoms with Gasteiger partial charge in [0.25, 0.3) is 0 Å². The molecular weight excluding hydrogens is 422 g/mol. The molecule has 0 spiro atoms. The van der Waals surface area contributed by atoms with Crippen LogP contribution in [0.5, 0.6) is 5.75 Å². The predicted octanol–water partition coefficient (Wildman–Crippen LogP) is 4.03. The normalized spacial score (nSPS) is 11.3. The van der Waals surface area contributed by atoms with E-state index >= 15 is 0 Å². The smallest absolute Gasteiger partial charge is 0.339 e. The Balaban J connectivity index is 1.44. The molecule has 1 N–H and O–H groups in total. The van der Waals surface area contributed by atoms with Crippen LogP contribution in [-0.4, -0.2) is 24.3 Å². The minimum atomic E-state index is -3.92. The van der Waals surface area contributed by atoms with Crippen molar-refractivity contribution in [3.63, 3.8) is 0 Å². The van der Waals surface area contributed by atoms with Crippen molar-refractivity contribution in [2.45, 2.75) is 17.7 Å². The minimum absolute atomic E-state index is 0.0796. The van der Waals surface area contributed by atoms with Gasteiger partial charge in [-0.25, -0.2) is 4.98 Å². The van der Waals surface area contributed by atoms with Gasteiger partial charge < -0.3 is 9.50 Å². The summed E-state index contributed by atoms with van der Waals surface area (Å²) in [4.78, 5) is 20.7. The number of amides is 1. The van der Waals surface area contributed by atoms with Crippen LogP contribution in [-0.2, 0) is 21.3 Å². The number of benzene rings is 2. The SMILES string of the molecule is O=C(CCc1cccnc1)Nc1nc2ccc(OS(=O)(=O)c3ccccc3)cc2s1. The summed E-state index contributed by atoms with van der Waals surface area (Å²) in [5.74, 6) is 0.0329. The lowest BCUT2D eigenvalue weighted by molar-refractivity contribution is -0.116. The molecule has 7 nitrogen and oxygen atoms in total. The molecule has 0 saturated heterocycles. The third-order valence-electron chi connectivity index (χ3n) is 4.21. The van der Waals surface area contributed by atoms with Crippen molar-refractivity contribution in [2.24, 2.45) is 0 Å². The lowest BCUT2D eigenvalue weighted by Gasteiger charge is -2.06. The number of pyridine rings is 1. The first kappa shape index (κ1) is 20.0. The first-order chi connectivity index (χ1) is 14.5. The Morgan fingerprint density at radius 3 is 2.67 bits per heavy atom. The highest BCUT2D eigenvalue weighted by Crippen LogP contribution is 2.30. The van der Waals surface area contributed by atoms with Crippen LogP contribution in [0.2, 0.25) is 0 Å². The molecule has 152 valence electrons. The molecule has 0 aliphatic rings. The Hall–Kier alpha value is -3.30. The zero-order valence-corrected chi connectivity index (χ0v) is 17.3. The molecule has 0 radical (unpaired) electrons. The molecule has 0 bridgehead atoms. The number of aromatic nitrogens is 2. The second-order valence-electron chi connectivity index (χ2n) is 6.41. The molecule has 0 fully saturated rings. The van der Waals surface area contributed by atoms with Gasteiger partial charge in [0.2, 0.25) is 5.91 Å². The van der Waals surface area contributed by atoms with E-state index in [2.05, 4.69) is 15.3 Å². The molecule has 1 amide bonds. The number of nitrogens with zero attached hydrogens (tertiary/aromatic N) is 2. The van der Waals surface area contributed by atoms with E-state index < -0.39 is 10.1 Å². The fraction of sp³-hybridized carbons (Fsp3) is 0.0952. The van der Waals surface area contributed by atoms with Gasteiger partial charge in [-0.05, 0) is 42.3 Å². The monoisotopic (exact) mass is 439 g/mol. The maximum Gasteiger partial charge on any atom is 0.339 e. The standard InChI is InChI=1S/C21H17N3O4S2/c25-20(11-8-15-5-4-12-22-14-15)24-21-23-18-10-9-16(13-19(18)29-21)28-30(26,27)17-6-2-1-3-7-17/h1-7,9-10,12-14H,8,11H2,(H,23,24,25). The number of hydrogen-bond acceptors (Lipinski definition) is 7. The summed E-state index contributed by atoms with van der Waals surface area (Å²) < 4.78 is 30.7. The average Bonchev–Trinajstić information content (AvgIpc) is 3.15. The van der Waals surface area contributed by atoms with Crippen molar-refractivity contribution >= 4 is 42.7 Å². The molecule has 0 aliphatic carbocycles. The second-order valence-corrected chi connectivity index (χ2v) is 8.99. The van der Waals surface area contributed by atoms with E-state index in [0.717, 1.165) is 5.56 Å². The molecule has 4 rings (SSSR count). The number of nitrogens with one attached hydrogen (secondary N) is 1. The van der Waals surface area contributed by atoms with Crippen molar-refractivity contribution in [2.75, 3.05) is 5.32 Å². The molecule has 9 heteroatoms. The number of anilines is 1.